The van der Waals surface area contributed by atoms with Crippen LogP contribution in [0.4, 0.5) is 15.8 Å². The van der Waals surface area contributed by atoms with Gasteiger partial charge in [0.05, 0.1) is 11.3 Å². The van der Waals surface area contributed by atoms with Crippen LogP contribution in [0.1, 0.15) is 24.2 Å². The summed E-state index contributed by atoms with van der Waals surface area (Å²) < 4.78 is 13.7. The fourth-order valence-electron chi connectivity index (χ4n) is 1.56. The molecule has 5 N–H and O–H groups in total. The van der Waals surface area contributed by atoms with Gasteiger partial charge >= 0.3 is 0 Å². The summed E-state index contributed by atoms with van der Waals surface area (Å²) in [6.07, 6.45) is 0. The van der Waals surface area contributed by atoms with E-state index in [4.69, 9.17) is 11.5 Å². The Labute approximate surface area is 112 Å². The van der Waals surface area contributed by atoms with Crippen LogP contribution in [0, 0.1) is 5.82 Å². The lowest BCUT2D eigenvalue weighted by atomic mass is 10.1. The summed E-state index contributed by atoms with van der Waals surface area (Å²) in [5.41, 5.74) is 11.1. The summed E-state index contributed by atoms with van der Waals surface area (Å²) in [4.78, 5) is 13.3. The van der Waals surface area contributed by atoms with Crippen LogP contribution in [-0.2, 0) is 0 Å². The van der Waals surface area contributed by atoms with Crippen LogP contribution in [0.25, 0.3) is 0 Å². The largest absolute Gasteiger partial charge is 0.398 e. The predicted octanol–water partition coefficient (Wildman–Crippen LogP) is 1.26. The monoisotopic (exact) mass is 268 g/mol. The molecule has 5 nitrogen and oxygen atoms in total. The molecule has 106 valence electrons. The van der Waals surface area contributed by atoms with E-state index in [0.29, 0.717) is 12.6 Å². The maximum absolute atomic E-state index is 13.7. The van der Waals surface area contributed by atoms with Crippen molar-refractivity contribution in [3.8, 4) is 0 Å². The van der Waals surface area contributed by atoms with Crippen LogP contribution in [0.15, 0.2) is 12.1 Å². The van der Waals surface area contributed by atoms with Gasteiger partial charge in [-0.3, -0.25) is 4.79 Å². The zero-order chi connectivity index (χ0) is 14.6. The van der Waals surface area contributed by atoms with Crippen LogP contribution in [-0.4, -0.2) is 37.0 Å². The van der Waals surface area contributed by atoms with Gasteiger partial charge in [0.2, 0.25) is 0 Å². The first-order chi connectivity index (χ1) is 8.82. The van der Waals surface area contributed by atoms with Crippen LogP contribution < -0.4 is 16.8 Å². The number of halogens is 1. The SMILES string of the molecule is CC(C)N(C)CCNc1cc(C(N)=O)c(N)cc1F. The second-order valence-corrected chi connectivity index (χ2v) is 4.78. The van der Waals surface area contributed by atoms with E-state index in [9.17, 15) is 9.18 Å². The molecule has 0 unspecified atom stereocenters. The quantitative estimate of drug-likeness (QED) is 0.678. The van der Waals surface area contributed by atoms with Gasteiger partial charge in [0, 0.05) is 24.8 Å². The third kappa shape index (κ3) is 4.10. The number of nitrogen functional groups attached to an aromatic ring is 1. The molecule has 0 aliphatic carbocycles. The van der Waals surface area contributed by atoms with Crippen molar-refractivity contribution in [1.82, 2.24) is 4.90 Å². The predicted molar refractivity (Wildman–Crippen MR) is 75.6 cm³/mol. The number of likely N-dealkylation sites (N-methyl/N-ethyl adjacent to an activating group) is 1. The minimum absolute atomic E-state index is 0.0508. The number of nitrogens with zero attached hydrogens (tertiary/aromatic N) is 1. The number of nitrogens with one attached hydrogen (secondary N) is 1. The average molecular weight is 268 g/mol. The molecule has 0 radical (unpaired) electrons. The second kappa shape index (κ2) is 6.38. The van der Waals surface area contributed by atoms with Crippen molar-refractivity contribution < 1.29 is 9.18 Å². The lowest BCUT2D eigenvalue weighted by molar-refractivity contribution is 0.100. The molecule has 0 heterocycles. The summed E-state index contributed by atoms with van der Waals surface area (Å²) in [5, 5.41) is 2.94. The molecule has 1 aromatic rings. The number of amides is 1. The number of anilines is 2. The molecule has 0 saturated heterocycles. The molecule has 19 heavy (non-hydrogen) atoms. The summed E-state index contributed by atoms with van der Waals surface area (Å²) in [6, 6.07) is 2.87. The molecule has 1 aromatic carbocycles. The Morgan fingerprint density at radius 2 is 2.11 bits per heavy atom. The van der Waals surface area contributed by atoms with E-state index < -0.39 is 11.7 Å². The van der Waals surface area contributed by atoms with Crippen LogP contribution in [0.5, 0.6) is 0 Å². The summed E-state index contributed by atoms with van der Waals surface area (Å²) >= 11 is 0. The van der Waals surface area contributed by atoms with Crippen molar-refractivity contribution in [3.63, 3.8) is 0 Å². The van der Waals surface area contributed by atoms with Crippen molar-refractivity contribution in [2.75, 3.05) is 31.2 Å². The number of hydrogen-bond donors (Lipinski definition) is 3. The fourth-order valence-corrected chi connectivity index (χ4v) is 1.56. The van der Waals surface area contributed by atoms with E-state index in [0.717, 1.165) is 12.6 Å². The Bertz CT molecular complexity index is 462. The maximum atomic E-state index is 13.7. The van der Waals surface area contributed by atoms with Gasteiger partial charge in [0.25, 0.3) is 5.91 Å². The van der Waals surface area contributed by atoms with Crippen molar-refractivity contribution in [2.24, 2.45) is 5.73 Å². The Kier molecular flexibility index (Phi) is 5.11. The third-order valence-electron chi connectivity index (χ3n) is 3.07. The number of rotatable bonds is 6. The first kappa shape index (κ1) is 15.2. The van der Waals surface area contributed by atoms with Crippen molar-refractivity contribution in [2.45, 2.75) is 19.9 Å². The van der Waals surface area contributed by atoms with Gasteiger partial charge in [-0.2, -0.15) is 0 Å². The smallest absolute Gasteiger partial charge is 0.250 e. The van der Waals surface area contributed by atoms with E-state index in [1.807, 2.05) is 7.05 Å². The summed E-state index contributed by atoms with van der Waals surface area (Å²) in [7, 11) is 1.99. The van der Waals surface area contributed by atoms with E-state index in [1.165, 1.54) is 6.07 Å². The highest BCUT2D eigenvalue weighted by molar-refractivity contribution is 5.99. The molecular formula is C13H21FN4O. The highest BCUT2D eigenvalue weighted by Crippen LogP contribution is 2.21. The Hall–Kier alpha value is -1.82. The third-order valence-corrected chi connectivity index (χ3v) is 3.07. The molecule has 0 aliphatic heterocycles. The zero-order valence-electron chi connectivity index (χ0n) is 11.5. The zero-order valence-corrected chi connectivity index (χ0v) is 11.5. The summed E-state index contributed by atoms with van der Waals surface area (Å²) in [6.45, 7) is 5.48. The van der Waals surface area contributed by atoms with E-state index >= 15 is 0 Å². The number of primary amides is 1. The van der Waals surface area contributed by atoms with Crippen LogP contribution in [0.3, 0.4) is 0 Å². The molecule has 0 atom stereocenters. The Morgan fingerprint density at radius 1 is 1.47 bits per heavy atom. The number of hydrogen-bond acceptors (Lipinski definition) is 4. The average Bonchev–Trinajstić information content (AvgIpc) is 2.30. The maximum Gasteiger partial charge on any atom is 0.250 e. The first-order valence-corrected chi connectivity index (χ1v) is 6.16. The Morgan fingerprint density at radius 3 is 2.63 bits per heavy atom. The minimum Gasteiger partial charge on any atom is -0.398 e. The number of carbonyl (C=O) groups excluding carboxylic acids is 1. The lowest BCUT2D eigenvalue weighted by Gasteiger charge is -2.21. The highest BCUT2D eigenvalue weighted by atomic mass is 19.1. The standard InChI is InChI=1S/C13H21FN4O/c1-8(2)18(3)5-4-17-12-6-9(13(16)19)11(15)7-10(12)14/h6-8,17H,4-5,15H2,1-3H3,(H2,16,19). The van der Waals surface area contributed by atoms with Crippen molar-refractivity contribution in [3.05, 3.63) is 23.5 Å². The second-order valence-electron chi connectivity index (χ2n) is 4.78. The van der Waals surface area contributed by atoms with Gasteiger partial charge in [0.1, 0.15) is 5.82 Å². The first-order valence-electron chi connectivity index (χ1n) is 6.16. The molecule has 0 aromatic heterocycles. The van der Waals surface area contributed by atoms with Gasteiger partial charge in [-0.05, 0) is 33.0 Å². The molecule has 0 fully saturated rings. The Balaban J connectivity index is 2.73. The number of benzene rings is 1. The molecule has 1 rings (SSSR count). The van der Waals surface area contributed by atoms with Gasteiger partial charge in [-0.15, -0.1) is 0 Å². The van der Waals surface area contributed by atoms with E-state index in [1.54, 1.807) is 0 Å². The van der Waals surface area contributed by atoms with Gasteiger partial charge in [0.15, 0.2) is 0 Å². The van der Waals surface area contributed by atoms with Crippen molar-refractivity contribution in [1.29, 1.82) is 0 Å². The van der Waals surface area contributed by atoms with Gasteiger partial charge in [-0.1, -0.05) is 0 Å². The number of nitrogens with two attached hydrogens (primary N) is 2. The van der Waals surface area contributed by atoms with E-state index in [2.05, 4.69) is 24.1 Å². The van der Waals surface area contributed by atoms with Crippen molar-refractivity contribution >= 4 is 17.3 Å². The minimum atomic E-state index is -0.667. The molecule has 1 amide bonds. The van der Waals surface area contributed by atoms with E-state index in [-0.39, 0.29) is 16.9 Å². The highest BCUT2D eigenvalue weighted by Gasteiger charge is 2.12. The fraction of sp³-hybridized carbons (Fsp3) is 0.462. The lowest BCUT2D eigenvalue weighted by Crippen LogP contribution is -2.31. The molecule has 0 bridgehead atoms. The number of carbonyl (C=O) groups is 1. The normalized spacial score (nSPS) is 11.1. The topological polar surface area (TPSA) is 84.4 Å². The molecule has 0 aliphatic rings. The molecule has 6 heteroatoms. The van der Waals surface area contributed by atoms with Gasteiger partial charge in [-0.25, -0.2) is 4.39 Å². The summed E-state index contributed by atoms with van der Waals surface area (Å²) in [5.74, 6) is -1.16. The molecule has 0 saturated carbocycles. The van der Waals surface area contributed by atoms with Crippen LogP contribution in [0.2, 0.25) is 0 Å². The van der Waals surface area contributed by atoms with Crippen LogP contribution >= 0.6 is 0 Å². The molecule has 0 spiro atoms. The van der Waals surface area contributed by atoms with Gasteiger partial charge < -0.3 is 21.7 Å². The molecular weight excluding hydrogens is 247 g/mol.